The van der Waals surface area contributed by atoms with Crippen LogP contribution in [-0.4, -0.2) is 35.6 Å². The lowest BCUT2D eigenvalue weighted by atomic mass is 9.87. The van der Waals surface area contributed by atoms with Crippen LogP contribution in [0.25, 0.3) is 0 Å². The number of carbonyl (C=O) groups is 1. The van der Waals surface area contributed by atoms with Gasteiger partial charge in [0, 0.05) is 49.7 Å². The van der Waals surface area contributed by atoms with Crippen LogP contribution in [0, 0.1) is 0 Å². The minimum absolute atomic E-state index is 0.0000525. The molecular formula is C24H31N3O2. The molecule has 154 valence electrons. The van der Waals surface area contributed by atoms with Crippen molar-refractivity contribution >= 4 is 11.8 Å². The van der Waals surface area contributed by atoms with E-state index >= 15 is 0 Å². The van der Waals surface area contributed by atoms with Crippen LogP contribution >= 0.6 is 0 Å². The third-order valence-corrected chi connectivity index (χ3v) is 6.36. The Morgan fingerprint density at radius 2 is 1.90 bits per heavy atom. The molecule has 1 saturated carbocycles. The molecule has 2 aromatic rings. The minimum atomic E-state index is -0.249. The molecule has 1 aliphatic carbocycles. The van der Waals surface area contributed by atoms with Crippen molar-refractivity contribution in [3.63, 3.8) is 0 Å². The highest BCUT2D eigenvalue weighted by Gasteiger charge is 2.35. The number of rotatable bonds is 4. The summed E-state index contributed by atoms with van der Waals surface area (Å²) in [6, 6.07) is 10.5. The summed E-state index contributed by atoms with van der Waals surface area (Å²) in [5, 5.41) is 0. The summed E-state index contributed by atoms with van der Waals surface area (Å²) >= 11 is 0. The molecule has 2 heterocycles. The number of pyridine rings is 1. The van der Waals surface area contributed by atoms with Gasteiger partial charge in [-0.25, -0.2) is 4.79 Å². The van der Waals surface area contributed by atoms with Gasteiger partial charge in [-0.1, -0.05) is 33.1 Å². The fourth-order valence-corrected chi connectivity index (χ4v) is 4.68. The van der Waals surface area contributed by atoms with Gasteiger partial charge >= 0.3 is 6.09 Å². The Kier molecular flexibility index (Phi) is 5.48. The molecule has 0 saturated heterocycles. The number of carbonyl (C=O) groups excluding carboxylic acids is 1. The topological polar surface area (TPSA) is 45.7 Å². The lowest BCUT2D eigenvalue weighted by molar-refractivity contribution is 0.133. The van der Waals surface area contributed by atoms with Crippen LogP contribution in [-0.2, 0) is 12.0 Å². The summed E-state index contributed by atoms with van der Waals surface area (Å²) in [4.78, 5) is 21.0. The van der Waals surface area contributed by atoms with Gasteiger partial charge in [0.15, 0.2) is 0 Å². The van der Waals surface area contributed by atoms with Crippen molar-refractivity contribution in [2.24, 2.45) is 0 Å². The standard InChI is InChI=1S/C24H31N3O2/c1-24(2)17-27(16-18-11-13-25-14-12-18)22-10-9-20(15-21(22)24)29-23(28)26(3)19-7-5-4-6-8-19/h9-15,19H,4-8,16-17H2,1-3H3. The molecule has 29 heavy (non-hydrogen) atoms. The Hall–Kier alpha value is -2.56. The monoisotopic (exact) mass is 393 g/mol. The summed E-state index contributed by atoms with van der Waals surface area (Å²) in [5.74, 6) is 0.634. The number of amides is 1. The zero-order valence-electron chi connectivity index (χ0n) is 17.7. The Morgan fingerprint density at radius 1 is 1.17 bits per heavy atom. The number of ether oxygens (including phenoxy) is 1. The van der Waals surface area contributed by atoms with Crippen molar-refractivity contribution in [1.29, 1.82) is 0 Å². The van der Waals surface area contributed by atoms with Gasteiger partial charge in [0.2, 0.25) is 0 Å². The SMILES string of the molecule is CN(C(=O)Oc1ccc2c(c1)C(C)(C)CN2Cc1ccncc1)C1CCCCC1. The largest absolute Gasteiger partial charge is 0.415 e. The zero-order valence-corrected chi connectivity index (χ0v) is 17.7. The Bertz CT molecular complexity index is 860. The minimum Gasteiger partial charge on any atom is -0.410 e. The highest BCUT2D eigenvalue weighted by atomic mass is 16.6. The summed E-state index contributed by atoms with van der Waals surface area (Å²) in [7, 11) is 1.87. The molecule has 5 heteroatoms. The normalized spacial score (nSPS) is 18.4. The van der Waals surface area contributed by atoms with E-state index in [1.54, 1.807) is 4.90 Å². The van der Waals surface area contributed by atoms with E-state index in [2.05, 4.69) is 48.0 Å². The highest BCUT2D eigenvalue weighted by molar-refractivity contribution is 5.72. The average molecular weight is 394 g/mol. The zero-order chi connectivity index (χ0) is 20.4. The molecule has 1 aromatic heterocycles. The van der Waals surface area contributed by atoms with E-state index in [0.29, 0.717) is 11.8 Å². The molecule has 0 spiro atoms. The van der Waals surface area contributed by atoms with Crippen LogP contribution < -0.4 is 9.64 Å². The van der Waals surface area contributed by atoms with Gasteiger partial charge in [0.25, 0.3) is 0 Å². The molecule has 1 aliphatic heterocycles. The van der Waals surface area contributed by atoms with Gasteiger partial charge in [0.1, 0.15) is 5.75 Å². The summed E-state index contributed by atoms with van der Waals surface area (Å²) in [6.07, 6.45) is 9.24. The second-order valence-corrected chi connectivity index (χ2v) is 9.05. The molecule has 1 fully saturated rings. The lowest BCUT2D eigenvalue weighted by Crippen LogP contribution is -2.40. The Morgan fingerprint density at radius 3 is 2.62 bits per heavy atom. The smallest absolute Gasteiger partial charge is 0.410 e. The molecule has 0 atom stereocenters. The van der Waals surface area contributed by atoms with E-state index in [4.69, 9.17) is 4.74 Å². The maximum Gasteiger partial charge on any atom is 0.415 e. The second kappa shape index (κ2) is 8.05. The molecule has 1 aromatic carbocycles. The number of hydrogen-bond donors (Lipinski definition) is 0. The first-order chi connectivity index (χ1) is 13.9. The molecule has 0 bridgehead atoms. The molecule has 0 radical (unpaired) electrons. The third-order valence-electron chi connectivity index (χ3n) is 6.36. The van der Waals surface area contributed by atoms with Crippen molar-refractivity contribution in [3.05, 3.63) is 53.9 Å². The van der Waals surface area contributed by atoms with Crippen LogP contribution in [0.2, 0.25) is 0 Å². The van der Waals surface area contributed by atoms with E-state index in [-0.39, 0.29) is 11.5 Å². The number of benzene rings is 1. The summed E-state index contributed by atoms with van der Waals surface area (Å²) in [6.45, 7) is 6.28. The molecule has 5 nitrogen and oxygen atoms in total. The number of aromatic nitrogens is 1. The number of anilines is 1. The molecule has 4 rings (SSSR count). The molecule has 2 aliphatic rings. The maximum absolute atomic E-state index is 12.7. The van der Waals surface area contributed by atoms with Crippen molar-refractivity contribution in [3.8, 4) is 5.75 Å². The van der Waals surface area contributed by atoms with E-state index < -0.39 is 0 Å². The Labute approximate surface area is 173 Å². The van der Waals surface area contributed by atoms with E-state index in [0.717, 1.165) is 25.9 Å². The van der Waals surface area contributed by atoms with Crippen LogP contribution in [0.5, 0.6) is 5.75 Å². The van der Waals surface area contributed by atoms with Crippen molar-refractivity contribution < 1.29 is 9.53 Å². The first-order valence-electron chi connectivity index (χ1n) is 10.7. The quantitative estimate of drug-likeness (QED) is 0.721. The molecule has 0 unspecified atom stereocenters. The average Bonchev–Trinajstić information content (AvgIpc) is 2.98. The first-order valence-corrected chi connectivity index (χ1v) is 10.7. The lowest BCUT2D eigenvalue weighted by Gasteiger charge is -2.30. The van der Waals surface area contributed by atoms with Gasteiger partial charge in [-0.05, 0) is 54.3 Å². The van der Waals surface area contributed by atoms with Crippen LogP contribution in [0.15, 0.2) is 42.7 Å². The van der Waals surface area contributed by atoms with E-state index in [1.165, 1.54) is 36.1 Å². The first kappa shape index (κ1) is 19.7. The predicted octanol–water partition coefficient (Wildman–Crippen LogP) is 5.14. The summed E-state index contributed by atoms with van der Waals surface area (Å²) < 4.78 is 5.76. The second-order valence-electron chi connectivity index (χ2n) is 9.05. The Balaban J connectivity index is 1.49. The van der Waals surface area contributed by atoms with Gasteiger partial charge in [-0.3, -0.25) is 4.98 Å². The van der Waals surface area contributed by atoms with Gasteiger partial charge < -0.3 is 14.5 Å². The highest BCUT2D eigenvalue weighted by Crippen LogP contribution is 2.43. The van der Waals surface area contributed by atoms with Crippen molar-refractivity contribution in [1.82, 2.24) is 9.88 Å². The third kappa shape index (κ3) is 4.24. The fourth-order valence-electron chi connectivity index (χ4n) is 4.68. The van der Waals surface area contributed by atoms with Crippen LogP contribution in [0.3, 0.4) is 0 Å². The molecular weight excluding hydrogens is 362 g/mol. The van der Waals surface area contributed by atoms with Gasteiger partial charge in [0.05, 0.1) is 0 Å². The van der Waals surface area contributed by atoms with Crippen molar-refractivity contribution in [2.45, 2.75) is 64.0 Å². The van der Waals surface area contributed by atoms with Gasteiger partial charge in [-0.2, -0.15) is 0 Å². The molecule has 0 N–H and O–H groups in total. The van der Waals surface area contributed by atoms with E-state index in [1.807, 2.05) is 25.5 Å². The van der Waals surface area contributed by atoms with Crippen LogP contribution in [0.4, 0.5) is 10.5 Å². The summed E-state index contributed by atoms with van der Waals surface area (Å²) in [5.41, 5.74) is 3.69. The van der Waals surface area contributed by atoms with E-state index in [9.17, 15) is 4.79 Å². The fraction of sp³-hybridized carbons (Fsp3) is 0.500. The van der Waals surface area contributed by atoms with Crippen molar-refractivity contribution in [2.75, 3.05) is 18.5 Å². The number of fused-ring (bicyclic) bond motifs is 1. The maximum atomic E-state index is 12.7. The predicted molar refractivity (Wildman–Crippen MR) is 115 cm³/mol. The molecule has 1 amide bonds. The van der Waals surface area contributed by atoms with Gasteiger partial charge in [-0.15, -0.1) is 0 Å². The number of nitrogens with zero attached hydrogens (tertiary/aromatic N) is 3. The van der Waals surface area contributed by atoms with Crippen LogP contribution in [0.1, 0.15) is 57.1 Å². The number of hydrogen-bond acceptors (Lipinski definition) is 4.